The predicted molar refractivity (Wildman–Crippen MR) is 75.1 cm³/mol. The molecule has 1 fully saturated rings. The van der Waals surface area contributed by atoms with E-state index in [-0.39, 0.29) is 11.8 Å². The predicted octanol–water partition coefficient (Wildman–Crippen LogP) is 0.470. The first-order valence-electron chi connectivity index (χ1n) is 6.72. The highest BCUT2D eigenvalue weighted by atomic mass is 16.5. The Balaban J connectivity index is 2.31. The number of rotatable bonds is 3. The van der Waals surface area contributed by atoms with Crippen molar-refractivity contribution >= 4 is 17.8 Å². The zero-order chi connectivity index (χ0) is 15.5. The fourth-order valence-corrected chi connectivity index (χ4v) is 2.62. The van der Waals surface area contributed by atoms with Crippen molar-refractivity contribution in [3.05, 3.63) is 35.9 Å². The van der Waals surface area contributed by atoms with Gasteiger partial charge in [0, 0.05) is 6.92 Å². The molecule has 21 heavy (non-hydrogen) atoms. The third-order valence-electron chi connectivity index (χ3n) is 3.64. The second-order valence-electron chi connectivity index (χ2n) is 5.04. The number of hydrogen-bond donors (Lipinski definition) is 2. The first-order valence-corrected chi connectivity index (χ1v) is 6.72. The van der Waals surface area contributed by atoms with E-state index in [1.54, 1.807) is 24.3 Å². The lowest BCUT2D eigenvalue weighted by Gasteiger charge is -2.38. The van der Waals surface area contributed by atoms with Crippen LogP contribution < -0.4 is 10.6 Å². The van der Waals surface area contributed by atoms with Crippen molar-refractivity contribution in [2.24, 2.45) is 0 Å². The van der Waals surface area contributed by atoms with E-state index in [1.807, 2.05) is 6.07 Å². The number of ether oxygens (including phenoxy) is 1. The summed E-state index contributed by atoms with van der Waals surface area (Å²) in [5, 5.41) is 5.30. The summed E-state index contributed by atoms with van der Waals surface area (Å²) in [6.07, 6.45) is 0.732. The van der Waals surface area contributed by atoms with Gasteiger partial charge in [0.25, 0.3) is 0 Å². The van der Waals surface area contributed by atoms with E-state index >= 15 is 0 Å². The minimum atomic E-state index is -1.19. The van der Waals surface area contributed by atoms with E-state index in [1.165, 1.54) is 14.0 Å². The Labute approximate surface area is 122 Å². The molecule has 1 aromatic rings. The maximum atomic E-state index is 12.2. The number of carbonyl (C=O) groups is 3. The molecule has 1 saturated heterocycles. The molecule has 6 nitrogen and oxygen atoms in total. The molecule has 0 aliphatic carbocycles. The summed E-state index contributed by atoms with van der Waals surface area (Å²) in [6.45, 7) is 1.35. The fourth-order valence-electron chi connectivity index (χ4n) is 2.62. The topological polar surface area (TPSA) is 84.5 Å². The van der Waals surface area contributed by atoms with Crippen LogP contribution in [-0.2, 0) is 24.7 Å². The Bertz CT molecular complexity index is 558. The molecule has 0 unspecified atom stereocenters. The van der Waals surface area contributed by atoms with E-state index in [0.29, 0.717) is 18.4 Å². The molecule has 2 amide bonds. The molecule has 112 valence electrons. The smallest absolute Gasteiger partial charge is 0.336 e. The maximum Gasteiger partial charge on any atom is 0.336 e. The number of esters is 1. The molecule has 2 N–H and O–H groups in total. The largest absolute Gasteiger partial charge is 0.467 e. The third kappa shape index (κ3) is 2.89. The van der Waals surface area contributed by atoms with Gasteiger partial charge < -0.3 is 15.4 Å². The third-order valence-corrected chi connectivity index (χ3v) is 3.64. The van der Waals surface area contributed by atoms with Gasteiger partial charge in [-0.15, -0.1) is 0 Å². The van der Waals surface area contributed by atoms with Crippen molar-refractivity contribution in [2.45, 2.75) is 31.3 Å². The fraction of sp³-hybridized carbons (Fsp3) is 0.400. The molecule has 0 aromatic heterocycles. The number of nitrogens with one attached hydrogen (secondary N) is 2. The summed E-state index contributed by atoms with van der Waals surface area (Å²) < 4.78 is 4.87. The molecule has 1 aliphatic rings. The van der Waals surface area contributed by atoms with E-state index in [0.717, 1.165) is 0 Å². The number of methoxy groups -OCH3 is 1. The summed E-state index contributed by atoms with van der Waals surface area (Å²) in [7, 11) is 1.29. The molecule has 1 heterocycles. The molecule has 2 rings (SSSR count). The Morgan fingerprint density at radius 1 is 1.33 bits per heavy atom. The zero-order valence-corrected chi connectivity index (χ0v) is 12.0. The minimum absolute atomic E-state index is 0.277. The van der Waals surface area contributed by atoms with Gasteiger partial charge in [-0.25, -0.2) is 4.79 Å². The van der Waals surface area contributed by atoms with E-state index in [2.05, 4.69) is 10.6 Å². The Morgan fingerprint density at radius 2 is 2.00 bits per heavy atom. The molecule has 6 heteroatoms. The van der Waals surface area contributed by atoms with Gasteiger partial charge in [-0.05, 0) is 18.4 Å². The van der Waals surface area contributed by atoms with E-state index < -0.39 is 17.6 Å². The molecular weight excluding hydrogens is 272 g/mol. The van der Waals surface area contributed by atoms with Gasteiger partial charge in [-0.1, -0.05) is 30.3 Å². The SMILES string of the molecule is COC(=O)[C@]1(c2ccccc2)CC[C@H](NC(C)=O)C(=O)N1. The van der Waals surface area contributed by atoms with Crippen LogP contribution in [0.1, 0.15) is 25.3 Å². The molecule has 0 saturated carbocycles. The summed E-state index contributed by atoms with van der Waals surface area (Å²) in [6, 6.07) is 8.35. The van der Waals surface area contributed by atoms with Crippen molar-refractivity contribution in [2.75, 3.05) is 7.11 Å². The van der Waals surface area contributed by atoms with Crippen LogP contribution in [0.5, 0.6) is 0 Å². The van der Waals surface area contributed by atoms with Crippen molar-refractivity contribution in [3.8, 4) is 0 Å². The highest BCUT2D eigenvalue weighted by Gasteiger charge is 2.47. The van der Waals surface area contributed by atoms with Gasteiger partial charge in [0.15, 0.2) is 5.54 Å². The van der Waals surface area contributed by atoms with Crippen molar-refractivity contribution < 1.29 is 19.1 Å². The van der Waals surface area contributed by atoms with Crippen LogP contribution in [0.4, 0.5) is 0 Å². The number of amides is 2. The quantitative estimate of drug-likeness (QED) is 0.793. The van der Waals surface area contributed by atoms with Gasteiger partial charge in [-0.2, -0.15) is 0 Å². The van der Waals surface area contributed by atoms with Gasteiger partial charge in [0.2, 0.25) is 11.8 Å². The lowest BCUT2D eigenvalue weighted by atomic mass is 9.80. The van der Waals surface area contributed by atoms with Crippen LogP contribution in [0, 0.1) is 0 Å². The maximum absolute atomic E-state index is 12.2. The summed E-state index contributed by atoms with van der Waals surface area (Å²) in [5.74, 6) is -1.17. The van der Waals surface area contributed by atoms with E-state index in [4.69, 9.17) is 4.74 Å². The lowest BCUT2D eigenvalue weighted by Crippen LogP contribution is -2.62. The summed E-state index contributed by atoms with van der Waals surface area (Å²) in [4.78, 5) is 35.5. The van der Waals surface area contributed by atoms with Gasteiger partial charge >= 0.3 is 5.97 Å². The second kappa shape index (κ2) is 5.95. The Hall–Kier alpha value is -2.37. The molecule has 1 aliphatic heterocycles. The molecule has 2 atom stereocenters. The van der Waals surface area contributed by atoms with Gasteiger partial charge in [0.05, 0.1) is 7.11 Å². The number of benzene rings is 1. The molecule has 0 bridgehead atoms. The average molecular weight is 290 g/mol. The molecule has 1 aromatic carbocycles. The number of carbonyl (C=O) groups excluding carboxylic acids is 3. The zero-order valence-electron chi connectivity index (χ0n) is 12.0. The Morgan fingerprint density at radius 3 is 2.52 bits per heavy atom. The van der Waals surface area contributed by atoms with Crippen LogP contribution >= 0.6 is 0 Å². The summed E-state index contributed by atoms with van der Waals surface area (Å²) in [5.41, 5.74) is -0.520. The van der Waals surface area contributed by atoms with Crippen LogP contribution in [-0.4, -0.2) is 30.9 Å². The Kier molecular flexibility index (Phi) is 4.26. The molecule has 0 radical (unpaired) electrons. The first kappa shape index (κ1) is 15.0. The first-order chi connectivity index (χ1) is 9.99. The van der Waals surface area contributed by atoms with Gasteiger partial charge in [0.1, 0.15) is 6.04 Å². The lowest BCUT2D eigenvalue weighted by molar-refractivity contribution is -0.154. The summed E-state index contributed by atoms with van der Waals surface area (Å²) >= 11 is 0. The number of hydrogen-bond acceptors (Lipinski definition) is 4. The van der Waals surface area contributed by atoms with E-state index in [9.17, 15) is 14.4 Å². The van der Waals surface area contributed by atoms with Crippen LogP contribution in [0.25, 0.3) is 0 Å². The highest BCUT2D eigenvalue weighted by Crippen LogP contribution is 2.32. The second-order valence-corrected chi connectivity index (χ2v) is 5.04. The van der Waals surface area contributed by atoms with Crippen molar-refractivity contribution in [3.63, 3.8) is 0 Å². The normalized spacial score (nSPS) is 24.9. The van der Waals surface area contributed by atoms with Crippen LogP contribution in [0.15, 0.2) is 30.3 Å². The minimum Gasteiger partial charge on any atom is -0.467 e. The van der Waals surface area contributed by atoms with Crippen molar-refractivity contribution in [1.82, 2.24) is 10.6 Å². The van der Waals surface area contributed by atoms with Crippen LogP contribution in [0.3, 0.4) is 0 Å². The standard InChI is InChI=1S/C15H18N2O4/c1-10(18)16-12-8-9-15(14(20)21-2,17-13(12)19)11-6-4-3-5-7-11/h3-7,12H,8-9H2,1-2H3,(H,16,18)(H,17,19)/t12-,15+/m0/s1. The molecular formula is C15H18N2O4. The monoisotopic (exact) mass is 290 g/mol. The number of piperidine rings is 1. The van der Waals surface area contributed by atoms with Gasteiger partial charge in [-0.3, -0.25) is 9.59 Å². The average Bonchev–Trinajstić information content (AvgIpc) is 2.49. The highest BCUT2D eigenvalue weighted by molar-refractivity contribution is 5.94. The molecule has 0 spiro atoms. The van der Waals surface area contributed by atoms with Crippen LogP contribution in [0.2, 0.25) is 0 Å². The van der Waals surface area contributed by atoms with Crippen molar-refractivity contribution in [1.29, 1.82) is 0 Å².